The van der Waals surface area contributed by atoms with Crippen LogP contribution < -0.4 is 0 Å². The van der Waals surface area contributed by atoms with E-state index in [9.17, 15) is 9.18 Å². The monoisotopic (exact) mass is 197 g/mol. The molecule has 0 radical (unpaired) electrons. The van der Waals surface area contributed by atoms with E-state index >= 15 is 0 Å². The minimum Gasteiger partial charge on any atom is -0.465 e. The van der Waals surface area contributed by atoms with E-state index in [1.807, 2.05) is 0 Å². The number of carbonyl (C=O) groups excluding carboxylic acids is 1. The standard InChI is InChI=1S/C10H12FNO2/c1-10(2,11)8-6-7(4-5-12-8)9(13)14-3/h4-6H,1-3H3. The van der Waals surface area contributed by atoms with Gasteiger partial charge in [-0.05, 0) is 26.0 Å². The van der Waals surface area contributed by atoms with Crippen molar-refractivity contribution in [2.75, 3.05) is 7.11 Å². The molecule has 0 fully saturated rings. The summed E-state index contributed by atoms with van der Waals surface area (Å²) in [5.74, 6) is -0.488. The first-order valence-corrected chi connectivity index (χ1v) is 4.19. The molecular formula is C10H12FNO2. The molecule has 1 heterocycles. The van der Waals surface area contributed by atoms with Crippen LogP contribution in [0.1, 0.15) is 29.9 Å². The first-order chi connectivity index (χ1) is 6.45. The predicted molar refractivity (Wildman–Crippen MR) is 49.7 cm³/mol. The van der Waals surface area contributed by atoms with Gasteiger partial charge in [-0.3, -0.25) is 4.98 Å². The summed E-state index contributed by atoms with van der Waals surface area (Å²) in [5.41, 5.74) is -1.02. The van der Waals surface area contributed by atoms with Crippen LogP contribution in [0.15, 0.2) is 18.3 Å². The number of rotatable bonds is 2. The summed E-state index contributed by atoms with van der Waals surface area (Å²) < 4.78 is 18.0. The lowest BCUT2D eigenvalue weighted by Gasteiger charge is -2.13. The molecule has 0 saturated carbocycles. The fourth-order valence-corrected chi connectivity index (χ4v) is 1.00. The van der Waals surface area contributed by atoms with Crippen LogP contribution in [-0.2, 0) is 10.4 Å². The van der Waals surface area contributed by atoms with Crippen molar-refractivity contribution in [1.82, 2.24) is 4.98 Å². The number of nitrogens with zero attached hydrogens (tertiary/aromatic N) is 1. The molecule has 14 heavy (non-hydrogen) atoms. The topological polar surface area (TPSA) is 39.2 Å². The molecule has 0 aliphatic rings. The van der Waals surface area contributed by atoms with Crippen LogP contribution in [0, 0.1) is 0 Å². The van der Waals surface area contributed by atoms with Crippen molar-refractivity contribution in [2.45, 2.75) is 19.5 Å². The Morgan fingerprint density at radius 2 is 2.21 bits per heavy atom. The lowest BCUT2D eigenvalue weighted by atomic mass is 10.0. The summed E-state index contributed by atoms with van der Waals surface area (Å²) in [6.45, 7) is 2.77. The van der Waals surface area contributed by atoms with Crippen molar-refractivity contribution in [3.05, 3.63) is 29.6 Å². The van der Waals surface area contributed by atoms with E-state index in [2.05, 4.69) is 9.72 Å². The molecule has 1 aromatic rings. The normalized spacial score (nSPS) is 11.1. The summed E-state index contributed by atoms with van der Waals surface area (Å²) in [5, 5.41) is 0. The van der Waals surface area contributed by atoms with Crippen molar-refractivity contribution < 1.29 is 13.9 Å². The lowest BCUT2D eigenvalue weighted by Crippen LogP contribution is -2.13. The fraction of sp³-hybridized carbons (Fsp3) is 0.400. The minimum absolute atomic E-state index is 0.223. The SMILES string of the molecule is COC(=O)c1ccnc(C(C)(C)F)c1. The van der Waals surface area contributed by atoms with E-state index in [0.29, 0.717) is 5.56 Å². The quantitative estimate of drug-likeness (QED) is 0.681. The smallest absolute Gasteiger partial charge is 0.337 e. The van der Waals surface area contributed by atoms with Gasteiger partial charge in [-0.2, -0.15) is 0 Å². The van der Waals surface area contributed by atoms with Crippen molar-refractivity contribution in [3.8, 4) is 0 Å². The Morgan fingerprint density at radius 3 is 2.71 bits per heavy atom. The molecule has 0 spiro atoms. The van der Waals surface area contributed by atoms with Gasteiger partial charge in [-0.15, -0.1) is 0 Å². The van der Waals surface area contributed by atoms with Crippen LogP contribution in [0.2, 0.25) is 0 Å². The molecule has 0 bridgehead atoms. The maximum atomic E-state index is 13.5. The maximum absolute atomic E-state index is 13.5. The third kappa shape index (κ3) is 2.28. The first kappa shape index (κ1) is 10.6. The van der Waals surface area contributed by atoms with Gasteiger partial charge in [-0.1, -0.05) is 0 Å². The Hall–Kier alpha value is -1.45. The molecule has 4 heteroatoms. The Labute approximate surface area is 81.9 Å². The molecule has 0 unspecified atom stereocenters. The Kier molecular flexibility index (Phi) is 2.84. The molecule has 0 aliphatic heterocycles. The number of carbonyl (C=O) groups is 1. The van der Waals surface area contributed by atoms with Gasteiger partial charge in [0.1, 0.15) is 5.67 Å². The summed E-state index contributed by atoms with van der Waals surface area (Å²) in [6, 6.07) is 2.88. The highest BCUT2D eigenvalue weighted by atomic mass is 19.1. The summed E-state index contributed by atoms with van der Waals surface area (Å²) in [6.07, 6.45) is 1.39. The molecule has 0 amide bonds. The highest BCUT2D eigenvalue weighted by molar-refractivity contribution is 5.89. The summed E-state index contributed by atoms with van der Waals surface area (Å²) >= 11 is 0. The van der Waals surface area contributed by atoms with E-state index < -0.39 is 11.6 Å². The van der Waals surface area contributed by atoms with Crippen LogP contribution in [0.4, 0.5) is 4.39 Å². The zero-order valence-corrected chi connectivity index (χ0v) is 8.37. The summed E-state index contributed by atoms with van der Waals surface area (Å²) in [7, 11) is 1.28. The number of halogens is 1. The number of alkyl halides is 1. The third-order valence-electron chi connectivity index (χ3n) is 1.79. The predicted octanol–water partition coefficient (Wildman–Crippen LogP) is 2.07. The van der Waals surface area contributed by atoms with E-state index in [1.165, 1.54) is 39.3 Å². The molecule has 76 valence electrons. The van der Waals surface area contributed by atoms with Gasteiger partial charge in [-0.25, -0.2) is 9.18 Å². The minimum atomic E-state index is -1.55. The molecule has 1 rings (SSSR count). The van der Waals surface area contributed by atoms with Gasteiger partial charge < -0.3 is 4.74 Å². The van der Waals surface area contributed by atoms with Crippen LogP contribution in [0.5, 0.6) is 0 Å². The molecule has 3 nitrogen and oxygen atoms in total. The number of methoxy groups -OCH3 is 1. The maximum Gasteiger partial charge on any atom is 0.337 e. The van der Waals surface area contributed by atoms with Gasteiger partial charge >= 0.3 is 5.97 Å². The number of pyridine rings is 1. The zero-order chi connectivity index (χ0) is 10.8. The number of esters is 1. The van der Waals surface area contributed by atoms with E-state index in [4.69, 9.17) is 0 Å². The van der Waals surface area contributed by atoms with Crippen LogP contribution in [0.25, 0.3) is 0 Å². The second kappa shape index (κ2) is 3.74. The van der Waals surface area contributed by atoms with Gasteiger partial charge in [0.05, 0.1) is 18.4 Å². The molecule has 1 aromatic heterocycles. The number of hydrogen-bond acceptors (Lipinski definition) is 3. The van der Waals surface area contributed by atoms with Crippen molar-refractivity contribution >= 4 is 5.97 Å². The number of ether oxygens (including phenoxy) is 1. The molecule has 0 aliphatic carbocycles. The van der Waals surface area contributed by atoms with E-state index in [0.717, 1.165) is 0 Å². The largest absolute Gasteiger partial charge is 0.465 e. The molecule has 0 aromatic carbocycles. The highest BCUT2D eigenvalue weighted by Crippen LogP contribution is 2.22. The molecule has 0 atom stereocenters. The van der Waals surface area contributed by atoms with E-state index in [-0.39, 0.29) is 5.69 Å². The average molecular weight is 197 g/mol. The molecular weight excluding hydrogens is 185 g/mol. The van der Waals surface area contributed by atoms with Crippen LogP contribution >= 0.6 is 0 Å². The third-order valence-corrected chi connectivity index (χ3v) is 1.79. The average Bonchev–Trinajstić information content (AvgIpc) is 2.15. The zero-order valence-electron chi connectivity index (χ0n) is 8.37. The Morgan fingerprint density at radius 1 is 1.57 bits per heavy atom. The van der Waals surface area contributed by atoms with Gasteiger partial charge in [0.15, 0.2) is 0 Å². The lowest BCUT2D eigenvalue weighted by molar-refractivity contribution is 0.0600. The van der Waals surface area contributed by atoms with Gasteiger partial charge in [0, 0.05) is 6.20 Å². The Balaban J connectivity index is 3.08. The second-order valence-corrected chi connectivity index (χ2v) is 3.39. The number of aromatic nitrogens is 1. The van der Waals surface area contributed by atoms with Crippen LogP contribution in [0.3, 0.4) is 0 Å². The molecule has 0 saturated heterocycles. The summed E-state index contributed by atoms with van der Waals surface area (Å²) in [4.78, 5) is 15.0. The first-order valence-electron chi connectivity index (χ1n) is 4.19. The van der Waals surface area contributed by atoms with Crippen LogP contribution in [-0.4, -0.2) is 18.1 Å². The van der Waals surface area contributed by atoms with Gasteiger partial charge in [0.25, 0.3) is 0 Å². The fourth-order valence-electron chi connectivity index (χ4n) is 1.00. The Bertz CT molecular complexity index is 344. The highest BCUT2D eigenvalue weighted by Gasteiger charge is 2.21. The van der Waals surface area contributed by atoms with Crippen molar-refractivity contribution in [2.24, 2.45) is 0 Å². The molecule has 0 N–H and O–H groups in total. The second-order valence-electron chi connectivity index (χ2n) is 3.39. The van der Waals surface area contributed by atoms with Crippen molar-refractivity contribution in [3.63, 3.8) is 0 Å². The van der Waals surface area contributed by atoms with E-state index in [1.54, 1.807) is 0 Å². The van der Waals surface area contributed by atoms with Crippen molar-refractivity contribution in [1.29, 1.82) is 0 Å². The number of hydrogen-bond donors (Lipinski definition) is 0. The van der Waals surface area contributed by atoms with Gasteiger partial charge in [0.2, 0.25) is 0 Å².